The van der Waals surface area contributed by atoms with Crippen molar-refractivity contribution in [2.75, 3.05) is 26.4 Å². The molecule has 0 saturated heterocycles. The largest absolute Gasteiger partial charge is 0.472 e. The Morgan fingerprint density at radius 1 is 0.712 bits per heavy atom. The van der Waals surface area contributed by atoms with Gasteiger partial charge in [0.05, 0.1) is 13.2 Å². The molecule has 10 heteroatoms. The highest BCUT2D eigenvalue weighted by Gasteiger charge is 2.25. The second-order valence-corrected chi connectivity index (χ2v) is 14.3. The topological polar surface area (TPSA) is 134 Å². The normalized spacial score (nSPS) is 13.2. The van der Waals surface area contributed by atoms with Crippen LogP contribution >= 0.6 is 7.82 Å². The van der Waals surface area contributed by atoms with E-state index >= 15 is 0 Å². The molecule has 0 amide bonds. The van der Waals surface area contributed by atoms with Gasteiger partial charge in [0.2, 0.25) is 0 Å². The summed E-state index contributed by atoms with van der Waals surface area (Å²) in [7, 11) is -4.42. The number of benzene rings is 2. The highest BCUT2D eigenvalue weighted by Crippen LogP contribution is 2.43. The van der Waals surface area contributed by atoms with Gasteiger partial charge in [-0.1, -0.05) is 175 Å². The number of allylic oxidation sites excluding steroid dienone is 5. The van der Waals surface area contributed by atoms with Gasteiger partial charge in [-0.05, 0) is 29.5 Å². The molecule has 0 fully saturated rings. The lowest BCUT2D eigenvalue weighted by molar-refractivity contribution is -0.161. The average Bonchev–Trinajstić information content (AvgIpc) is 3.15. The van der Waals surface area contributed by atoms with E-state index in [0.717, 1.165) is 29.5 Å². The van der Waals surface area contributed by atoms with E-state index in [1.54, 1.807) is 0 Å². The molecule has 288 valence electrons. The standard InChI is InChI=1S/C42H62NO8P/c1-2-3-4-5-6-7-8-9-10-11-12-15-24-31-41(44)48-35-39(36-50-52(46,47)49-34-33-43)51-42(45)32-25-16-13-14-23-30-40(37-26-19-17-20-27-37)38-28-21-18-22-29-38/h13-14,16-23,26-30,39H,2-12,15,24-25,31-36,43H2,1H3,(H,46,47)/t39-/m1/s1. The van der Waals surface area contributed by atoms with E-state index in [9.17, 15) is 19.0 Å². The first-order valence-electron chi connectivity index (χ1n) is 19.2. The quantitative estimate of drug-likeness (QED) is 0.0347. The number of phosphoric acid groups is 1. The van der Waals surface area contributed by atoms with Gasteiger partial charge in [-0.25, -0.2) is 4.57 Å². The van der Waals surface area contributed by atoms with Crippen LogP contribution in [-0.4, -0.2) is 49.3 Å². The number of rotatable bonds is 30. The summed E-state index contributed by atoms with van der Waals surface area (Å²) in [6, 6.07) is 20.3. The van der Waals surface area contributed by atoms with Crippen molar-refractivity contribution in [2.24, 2.45) is 5.73 Å². The van der Waals surface area contributed by atoms with Gasteiger partial charge < -0.3 is 20.1 Å². The maximum Gasteiger partial charge on any atom is 0.472 e. The average molecular weight is 740 g/mol. The number of hydrogen-bond acceptors (Lipinski definition) is 8. The minimum atomic E-state index is -4.42. The lowest BCUT2D eigenvalue weighted by atomic mass is 9.97. The van der Waals surface area contributed by atoms with E-state index < -0.39 is 32.5 Å². The molecule has 2 rings (SSSR count). The summed E-state index contributed by atoms with van der Waals surface area (Å²) in [6.07, 6.45) is 24.9. The third-order valence-electron chi connectivity index (χ3n) is 8.31. The summed E-state index contributed by atoms with van der Waals surface area (Å²) in [6.45, 7) is 1.32. The van der Waals surface area contributed by atoms with Crippen molar-refractivity contribution in [3.05, 3.63) is 102 Å². The first-order valence-corrected chi connectivity index (χ1v) is 20.7. The van der Waals surface area contributed by atoms with Gasteiger partial charge in [-0.15, -0.1) is 0 Å². The molecule has 2 aromatic rings. The van der Waals surface area contributed by atoms with Crippen LogP contribution < -0.4 is 5.73 Å². The maximum absolute atomic E-state index is 12.6. The van der Waals surface area contributed by atoms with Gasteiger partial charge in [-0.3, -0.25) is 18.6 Å². The smallest absolute Gasteiger partial charge is 0.462 e. The third kappa shape index (κ3) is 22.6. The van der Waals surface area contributed by atoms with Crippen molar-refractivity contribution < 1.29 is 37.6 Å². The lowest BCUT2D eigenvalue weighted by Gasteiger charge is -2.19. The number of unbranched alkanes of at least 4 members (excludes halogenated alkanes) is 12. The predicted octanol–water partition coefficient (Wildman–Crippen LogP) is 10.0. The van der Waals surface area contributed by atoms with Crippen LogP contribution in [0.25, 0.3) is 5.57 Å². The van der Waals surface area contributed by atoms with E-state index in [0.29, 0.717) is 12.8 Å². The molecule has 3 N–H and O–H groups in total. The fourth-order valence-corrected chi connectivity index (χ4v) is 6.24. The number of ether oxygens (including phenoxy) is 2. The van der Waals surface area contributed by atoms with E-state index in [4.69, 9.17) is 24.3 Å². The molecule has 52 heavy (non-hydrogen) atoms. The predicted molar refractivity (Wildman–Crippen MR) is 209 cm³/mol. The number of esters is 2. The number of carbonyl (C=O) groups excluding carboxylic acids is 2. The second-order valence-electron chi connectivity index (χ2n) is 12.8. The SMILES string of the molecule is CCCCCCCCCCCCCCCC(=O)OC[C@H](COP(=O)(O)OCCN)OC(=O)CCC=CC=CC=C(c1ccccc1)c1ccccc1. The molecule has 1 unspecified atom stereocenters. The van der Waals surface area contributed by atoms with Crippen LogP contribution in [0.4, 0.5) is 0 Å². The molecular formula is C42H62NO8P. The van der Waals surface area contributed by atoms with Crippen LogP contribution in [0.3, 0.4) is 0 Å². The van der Waals surface area contributed by atoms with E-state index in [2.05, 4.69) is 31.2 Å². The summed E-state index contributed by atoms with van der Waals surface area (Å²) in [4.78, 5) is 34.9. The van der Waals surface area contributed by atoms with Crippen molar-refractivity contribution >= 4 is 25.3 Å². The van der Waals surface area contributed by atoms with Crippen LogP contribution in [0.2, 0.25) is 0 Å². The van der Waals surface area contributed by atoms with Crippen LogP contribution in [-0.2, 0) is 32.7 Å². The monoisotopic (exact) mass is 739 g/mol. The van der Waals surface area contributed by atoms with Gasteiger partial charge in [0, 0.05) is 19.4 Å². The van der Waals surface area contributed by atoms with Crippen molar-refractivity contribution in [3.63, 3.8) is 0 Å². The molecule has 0 aliphatic carbocycles. The molecule has 0 aromatic heterocycles. The maximum atomic E-state index is 12.6. The molecule has 0 heterocycles. The minimum Gasteiger partial charge on any atom is -0.462 e. The zero-order valence-electron chi connectivity index (χ0n) is 31.2. The van der Waals surface area contributed by atoms with Gasteiger partial charge in [0.15, 0.2) is 6.10 Å². The molecule has 0 aliphatic rings. The van der Waals surface area contributed by atoms with Crippen molar-refractivity contribution in [3.8, 4) is 0 Å². The number of nitrogens with two attached hydrogens (primary N) is 1. The Hall–Kier alpha value is -3.33. The summed E-state index contributed by atoms with van der Waals surface area (Å²) >= 11 is 0. The van der Waals surface area contributed by atoms with Crippen LogP contribution in [0.5, 0.6) is 0 Å². The summed E-state index contributed by atoms with van der Waals surface area (Å²) in [5.74, 6) is -0.970. The van der Waals surface area contributed by atoms with Crippen molar-refractivity contribution in [1.29, 1.82) is 0 Å². The summed E-state index contributed by atoms with van der Waals surface area (Å²) in [5.41, 5.74) is 8.65. The molecular weight excluding hydrogens is 677 g/mol. The van der Waals surface area contributed by atoms with Gasteiger partial charge in [0.1, 0.15) is 6.61 Å². The summed E-state index contributed by atoms with van der Waals surface area (Å²) < 4.78 is 32.7. The first-order chi connectivity index (χ1) is 25.3. The van der Waals surface area contributed by atoms with Crippen molar-refractivity contribution in [2.45, 2.75) is 116 Å². The Labute approximate surface area is 312 Å². The zero-order valence-corrected chi connectivity index (χ0v) is 32.1. The highest BCUT2D eigenvalue weighted by atomic mass is 31.2. The minimum absolute atomic E-state index is 0.0311. The molecule has 0 bridgehead atoms. The molecule has 0 aliphatic heterocycles. The molecule has 2 atom stereocenters. The Kier molecular flexibility index (Phi) is 25.1. The molecule has 0 spiro atoms. The number of phosphoric ester groups is 1. The fourth-order valence-electron chi connectivity index (χ4n) is 5.48. The van der Waals surface area contributed by atoms with Crippen LogP contribution in [0, 0.1) is 0 Å². The number of carbonyl (C=O) groups is 2. The van der Waals surface area contributed by atoms with Gasteiger partial charge in [0.25, 0.3) is 0 Å². The van der Waals surface area contributed by atoms with Gasteiger partial charge >= 0.3 is 19.8 Å². The molecule has 2 aromatic carbocycles. The van der Waals surface area contributed by atoms with E-state index in [-0.39, 0.29) is 32.6 Å². The van der Waals surface area contributed by atoms with E-state index in [1.807, 2.05) is 66.8 Å². The molecule has 9 nitrogen and oxygen atoms in total. The Morgan fingerprint density at radius 3 is 1.83 bits per heavy atom. The highest BCUT2D eigenvalue weighted by molar-refractivity contribution is 7.47. The Bertz CT molecular complexity index is 1320. The third-order valence-corrected chi connectivity index (χ3v) is 9.30. The van der Waals surface area contributed by atoms with Gasteiger partial charge in [-0.2, -0.15) is 0 Å². The first kappa shape index (κ1) is 44.8. The van der Waals surface area contributed by atoms with Crippen LogP contribution in [0.1, 0.15) is 121 Å². The Morgan fingerprint density at radius 2 is 1.27 bits per heavy atom. The lowest BCUT2D eigenvalue weighted by Crippen LogP contribution is -2.29. The van der Waals surface area contributed by atoms with Crippen molar-refractivity contribution in [1.82, 2.24) is 0 Å². The summed E-state index contributed by atoms with van der Waals surface area (Å²) in [5, 5.41) is 0. The number of hydrogen-bond donors (Lipinski definition) is 2. The second kappa shape index (κ2) is 29.2. The van der Waals surface area contributed by atoms with E-state index in [1.165, 1.54) is 64.2 Å². The van der Waals surface area contributed by atoms with Crippen LogP contribution in [0.15, 0.2) is 91.0 Å². The zero-order chi connectivity index (χ0) is 37.5. The molecule has 0 radical (unpaired) electrons. The molecule has 0 saturated carbocycles. The fraction of sp³-hybridized carbons (Fsp3) is 0.524. The Balaban J connectivity index is 1.75.